The van der Waals surface area contributed by atoms with Gasteiger partial charge >= 0.3 is 6.18 Å². The van der Waals surface area contributed by atoms with Gasteiger partial charge in [0, 0.05) is 36.2 Å². The van der Waals surface area contributed by atoms with Crippen molar-refractivity contribution in [3.05, 3.63) is 23.4 Å². The third-order valence-electron chi connectivity index (χ3n) is 6.62. The van der Waals surface area contributed by atoms with Gasteiger partial charge in [0.25, 0.3) is 0 Å². The Labute approximate surface area is 168 Å². The second-order valence-electron chi connectivity index (χ2n) is 9.45. The molecule has 29 heavy (non-hydrogen) atoms. The zero-order valence-electron chi connectivity index (χ0n) is 16.8. The van der Waals surface area contributed by atoms with E-state index in [4.69, 9.17) is 4.74 Å². The lowest BCUT2D eigenvalue weighted by atomic mass is 9.66. The van der Waals surface area contributed by atoms with Crippen molar-refractivity contribution in [1.82, 2.24) is 9.88 Å². The molecule has 0 unspecified atom stereocenters. The predicted molar refractivity (Wildman–Crippen MR) is 99.2 cm³/mol. The predicted octanol–water partition coefficient (Wildman–Crippen LogP) is 3.72. The first-order valence-electron chi connectivity index (χ1n) is 10.2. The molecule has 1 N–H and O–H groups in total. The number of amides is 1. The summed E-state index contributed by atoms with van der Waals surface area (Å²) in [6, 6.07) is 1.98. The van der Waals surface area contributed by atoms with Crippen LogP contribution in [0.15, 0.2) is 12.1 Å². The van der Waals surface area contributed by atoms with Crippen LogP contribution >= 0.6 is 0 Å². The molecule has 1 aromatic heterocycles. The molecule has 1 saturated heterocycles. The number of likely N-dealkylation sites (tertiary alicyclic amines) is 1. The number of rotatable bonds is 3. The zero-order chi connectivity index (χ0) is 21.0. The molecular formula is C21H27F3N2O3. The molecule has 8 heteroatoms. The Bertz CT molecular complexity index is 785. The Morgan fingerprint density at radius 3 is 2.41 bits per heavy atom. The first-order valence-corrected chi connectivity index (χ1v) is 10.2. The molecule has 4 rings (SSSR count). The SMILES string of the molecule is Cc1cc(C(F)(F)F)cc(OC2CCC3(CC2)CN(C(=O)[C@H]2C[C@@](C)(O)C2)C3)n1. The second-order valence-corrected chi connectivity index (χ2v) is 9.45. The summed E-state index contributed by atoms with van der Waals surface area (Å²) in [5.41, 5.74) is -1.05. The van der Waals surface area contributed by atoms with E-state index in [0.717, 1.165) is 50.9 Å². The van der Waals surface area contributed by atoms with E-state index in [9.17, 15) is 23.1 Å². The summed E-state index contributed by atoms with van der Waals surface area (Å²) in [6.45, 7) is 4.76. The third kappa shape index (κ3) is 4.22. The maximum Gasteiger partial charge on any atom is 0.416 e. The summed E-state index contributed by atoms with van der Waals surface area (Å²) < 4.78 is 44.7. The summed E-state index contributed by atoms with van der Waals surface area (Å²) in [5, 5.41) is 9.82. The van der Waals surface area contributed by atoms with Crippen LogP contribution in [0.25, 0.3) is 0 Å². The van der Waals surface area contributed by atoms with E-state index >= 15 is 0 Å². The fraction of sp³-hybridized carbons (Fsp3) is 0.714. The number of aromatic nitrogens is 1. The van der Waals surface area contributed by atoms with Crippen LogP contribution < -0.4 is 4.74 Å². The van der Waals surface area contributed by atoms with Crippen molar-refractivity contribution in [2.24, 2.45) is 11.3 Å². The van der Waals surface area contributed by atoms with Gasteiger partial charge in [0.2, 0.25) is 11.8 Å². The van der Waals surface area contributed by atoms with Crippen LogP contribution in [-0.4, -0.2) is 45.7 Å². The van der Waals surface area contributed by atoms with Gasteiger partial charge in [-0.2, -0.15) is 13.2 Å². The summed E-state index contributed by atoms with van der Waals surface area (Å²) in [7, 11) is 0. The number of alkyl halides is 3. The number of hydrogen-bond acceptors (Lipinski definition) is 4. The van der Waals surface area contributed by atoms with Gasteiger partial charge in [0.1, 0.15) is 6.10 Å². The molecule has 2 heterocycles. The first-order chi connectivity index (χ1) is 13.4. The normalized spacial score (nSPS) is 29.3. The van der Waals surface area contributed by atoms with E-state index < -0.39 is 17.3 Å². The van der Waals surface area contributed by atoms with E-state index in [0.29, 0.717) is 12.8 Å². The molecule has 2 saturated carbocycles. The van der Waals surface area contributed by atoms with Crippen molar-refractivity contribution in [1.29, 1.82) is 0 Å². The van der Waals surface area contributed by atoms with E-state index in [1.807, 2.05) is 4.90 Å². The Morgan fingerprint density at radius 1 is 1.24 bits per heavy atom. The molecule has 0 aromatic carbocycles. The highest BCUT2D eigenvalue weighted by molar-refractivity contribution is 5.81. The molecule has 0 atom stereocenters. The lowest BCUT2D eigenvalue weighted by Crippen LogP contribution is -2.63. The fourth-order valence-electron chi connectivity index (χ4n) is 5.02. The molecule has 0 bridgehead atoms. The second kappa shape index (κ2) is 6.86. The van der Waals surface area contributed by atoms with Crippen molar-refractivity contribution in [2.75, 3.05) is 13.1 Å². The van der Waals surface area contributed by atoms with E-state index in [1.165, 1.54) is 6.92 Å². The quantitative estimate of drug-likeness (QED) is 0.822. The molecule has 1 amide bonds. The van der Waals surface area contributed by atoms with Gasteiger partial charge in [-0.3, -0.25) is 4.79 Å². The van der Waals surface area contributed by atoms with Crippen molar-refractivity contribution < 1.29 is 27.8 Å². The van der Waals surface area contributed by atoms with Crippen molar-refractivity contribution in [3.8, 4) is 5.88 Å². The summed E-state index contributed by atoms with van der Waals surface area (Å²) in [4.78, 5) is 18.4. The minimum absolute atomic E-state index is 0.0284. The minimum atomic E-state index is -4.42. The molecule has 0 radical (unpaired) electrons. The van der Waals surface area contributed by atoms with Crippen LogP contribution in [-0.2, 0) is 11.0 Å². The average molecular weight is 412 g/mol. The summed E-state index contributed by atoms with van der Waals surface area (Å²) in [6.07, 6.45) is -0.221. The van der Waals surface area contributed by atoms with Gasteiger partial charge in [-0.15, -0.1) is 0 Å². The van der Waals surface area contributed by atoms with Gasteiger partial charge in [0.05, 0.1) is 11.2 Å². The van der Waals surface area contributed by atoms with Gasteiger partial charge in [-0.1, -0.05) is 0 Å². The highest BCUT2D eigenvalue weighted by Gasteiger charge is 2.51. The van der Waals surface area contributed by atoms with Gasteiger partial charge < -0.3 is 14.7 Å². The standard InChI is InChI=1S/C21H27F3N2O3/c1-13-7-15(21(22,23)24)8-17(25-13)29-16-3-5-20(6-4-16)11-26(12-20)18(27)14-9-19(2,28)10-14/h7-8,14,16,28H,3-6,9-12H2,1-2H3/t14-,19+. The maximum absolute atomic E-state index is 13.0. The van der Waals surface area contributed by atoms with Gasteiger partial charge in [0.15, 0.2) is 0 Å². The number of carbonyl (C=O) groups is 1. The Balaban J connectivity index is 1.28. The number of aliphatic hydroxyl groups is 1. The van der Waals surface area contributed by atoms with Crippen molar-refractivity contribution >= 4 is 5.91 Å². The number of hydrogen-bond donors (Lipinski definition) is 1. The molecule has 5 nitrogen and oxygen atoms in total. The van der Waals surface area contributed by atoms with Gasteiger partial charge in [-0.05, 0) is 58.4 Å². The smallest absolute Gasteiger partial charge is 0.416 e. The molecular weight excluding hydrogens is 385 g/mol. The summed E-state index contributed by atoms with van der Waals surface area (Å²) >= 11 is 0. The molecule has 1 aromatic rings. The van der Waals surface area contributed by atoms with Crippen LogP contribution in [0.1, 0.15) is 56.7 Å². The number of carbonyl (C=O) groups excluding carboxylic acids is 1. The van der Waals surface area contributed by atoms with Crippen LogP contribution in [0.2, 0.25) is 0 Å². The van der Waals surface area contributed by atoms with Crippen molar-refractivity contribution in [3.63, 3.8) is 0 Å². The van der Waals surface area contributed by atoms with E-state index in [1.54, 1.807) is 6.92 Å². The average Bonchev–Trinajstić information content (AvgIpc) is 2.56. The van der Waals surface area contributed by atoms with Crippen LogP contribution in [0, 0.1) is 18.3 Å². The Hall–Kier alpha value is -1.83. The Kier molecular flexibility index (Phi) is 4.83. The monoisotopic (exact) mass is 412 g/mol. The number of ether oxygens (including phenoxy) is 1. The number of nitrogens with zero attached hydrogens (tertiary/aromatic N) is 2. The maximum atomic E-state index is 13.0. The molecule has 3 fully saturated rings. The van der Waals surface area contributed by atoms with E-state index in [-0.39, 0.29) is 34.9 Å². The molecule has 2 aliphatic carbocycles. The number of aryl methyl sites for hydroxylation is 1. The van der Waals surface area contributed by atoms with Crippen LogP contribution in [0.4, 0.5) is 13.2 Å². The molecule has 160 valence electrons. The molecule has 1 aliphatic heterocycles. The number of halogens is 3. The Morgan fingerprint density at radius 2 is 1.86 bits per heavy atom. The highest BCUT2D eigenvalue weighted by atomic mass is 19.4. The lowest BCUT2D eigenvalue weighted by molar-refractivity contribution is -0.164. The van der Waals surface area contributed by atoms with Crippen LogP contribution in [0.5, 0.6) is 5.88 Å². The molecule has 3 aliphatic rings. The van der Waals surface area contributed by atoms with E-state index in [2.05, 4.69) is 4.98 Å². The zero-order valence-corrected chi connectivity index (χ0v) is 16.8. The topological polar surface area (TPSA) is 62.7 Å². The minimum Gasteiger partial charge on any atom is -0.474 e. The largest absolute Gasteiger partial charge is 0.474 e. The summed E-state index contributed by atoms with van der Waals surface area (Å²) in [5.74, 6) is 0.113. The van der Waals surface area contributed by atoms with Crippen LogP contribution in [0.3, 0.4) is 0 Å². The van der Waals surface area contributed by atoms with Gasteiger partial charge in [-0.25, -0.2) is 4.98 Å². The fourth-order valence-corrected chi connectivity index (χ4v) is 5.02. The highest BCUT2D eigenvalue weighted by Crippen LogP contribution is 2.47. The van der Waals surface area contributed by atoms with Crippen molar-refractivity contribution in [2.45, 2.75) is 70.3 Å². The first kappa shape index (κ1) is 20.4. The lowest BCUT2D eigenvalue weighted by Gasteiger charge is -2.55. The third-order valence-corrected chi connectivity index (χ3v) is 6.62. The number of pyridine rings is 1. The molecule has 1 spiro atoms.